The van der Waals surface area contributed by atoms with Crippen LogP contribution in [0, 0.1) is 0 Å². The van der Waals surface area contributed by atoms with Crippen molar-refractivity contribution < 1.29 is 19.1 Å². The van der Waals surface area contributed by atoms with E-state index in [4.69, 9.17) is 9.47 Å². The first-order valence-corrected chi connectivity index (χ1v) is 7.06. The van der Waals surface area contributed by atoms with Gasteiger partial charge < -0.3 is 14.4 Å². The maximum atomic E-state index is 12.4. The Labute approximate surface area is 125 Å². The molecule has 1 rings (SSSR count). The number of carbonyl (C=O) groups is 2. The molecule has 5 heteroatoms. The Kier molecular flexibility index (Phi) is 6.72. The summed E-state index contributed by atoms with van der Waals surface area (Å²) in [7, 11) is 1.57. The number of ether oxygens (including phenoxy) is 2. The smallest absolute Gasteiger partial charge is 0.325 e. The van der Waals surface area contributed by atoms with E-state index in [1.807, 2.05) is 38.1 Å². The Morgan fingerprint density at radius 1 is 1.24 bits per heavy atom. The third-order valence-electron chi connectivity index (χ3n) is 3.08. The van der Waals surface area contributed by atoms with E-state index in [2.05, 4.69) is 0 Å². The fourth-order valence-corrected chi connectivity index (χ4v) is 2.02. The van der Waals surface area contributed by atoms with Gasteiger partial charge in [-0.15, -0.1) is 0 Å². The molecule has 1 aromatic rings. The maximum absolute atomic E-state index is 12.4. The zero-order chi connectivity index (χ0) is 15.8. The molecule has 0 unspecified atom stereocenters. The van der Waals surface area contributed by atoms with Crippen molar-refractivity contribution in [3.63, 3.8) is 0 Å². The van der Waals surface area contributed by atoms with Gasteiger partial charge in [0.05, 0.1) is 20.1 Å². The third-order valence-corrected chi connectivity index (χ3v) is 3.08. The average Bonchev–Trinajstić information content (AvgIpc) is 2.45. The van der Waals surface area contributed by atoms with Crippen molar-refractivity contribution in [2.75, 3.05) is 20.3 Å². The SMILES string of the molecule is CCOC(=O)CN(C(=O)Cc1ccccc1OC)C(C)C. The lowest BCUT2D eigenvalue weighted by molar-refractivity contribution is -0.149. The van der Waals surface area contributed by atoms with E-state index >= 15 is 0 Å². The predicted octanol–water partition coefficient (Wildman–Crippen LogP) is 2.04. The molecule has 0 aromatic heterocycles. The number of esters is 1. The van der Waals surface area contributed by atoms with Crippen LogP contribution in [-0.2, 0) is 20.7 Å². The van der Waals surface area contributed by atoms with Crippen LogP contribution >= 0.6 is 0 Å². The Balaban J connectivity index is 2.79. The molecule has 21 heavy (non-hydrogen) atoms. The van der Waals surface area contributed by atoms with Crippen molar-refractivity contribution in [3.05, 3.63) is 29.8 Å². The van der Waals surface area contributed by atoms with Crippen LogP contribution in [0.25, 0.3) is 0 Å². The summed E-state index contributed by atoms with van der Waals surface area (Å²) in [5.41, 5.74) is 0.805. The topological polar surface area (TPSA) is 55.8 Å². The number of hydrogen-bond donors (Lipinski definition) is 0. The summed E-state index contributed by atoms with van der Waals surface area (Å²) in [6.07, 6.45) is 0.196. The summed E-state index contributed by atoms with van der Waals surface area (Å²) in [6, 6.07) is 7.30. The molecule has 0 spiro atoms. The van der Waals surface area contributed by atoms with Gasteiger partial charge in [0, 0.05) is 11.6 Å². The van der Waals surface area contributed by atoms with Crippen molar-refractivity contribution in [1.82, 2.24) is 4.90 Å². The van der Waals surface area contributed by atoms with Gasteiger partial charge in [0.15, 0.2) is 0 Å². The van der Waals surface area contributed by atoms with Crippen molar-refractivity contribution in [3.8, 4) is 5.75 Å². The van der Waals surface area contributed by atoms with Gasteiger partial charge in [-0.3, -0.25) is 9.59 Å². The first-order chi connectivity index (χ1) is 9.99. The van der Waals surface area contributed by atoms with E-state index in [0.29, 0.717) is 12.4 Å². The Morgan fingerprint density at radius 3 is 2.48 bits per heavy atom. The van der Waals surface area contributed by atoms with Gasteiger partial charge >= 0.3 is 5.97 Å². The molecule has 0 atom stereocenters. The van der Waals surface area contributed by atoms with Crippen molar-refractivity contribution in [1.29, 1.82) is 0 Å². The fraction of sp³-hybridized carbons (Fsp3) is 0.500. The molecular formula is C16H23NO4. The zero-order valence-corrected chi connectivity index (χ0v) is 13.1. The molecule has 0 radical (unpaired) electrons. The largest absolute Gasteiger partial charge is 0.496 e. The summed E-state index contributed by atoms with van der Waals surface area (Å²) in [4.78, 5) is 25.5. The van der Waals surface area contributed by atoms with Crippen molar-refractivity contribution in [2.45, 2.75) is 33.2 Å². The van der Waals surface area contributed by atoms with Crippen LogP contribution in [0.15, 0.2) is 24.3 Å². The molecule has 0 aliphatic rings. The highest BCUT2D eigenvalue weighted by Gasteiger charge is 2.21. The first kappa shape index (κ1) is 17.0. The highest BCUT2D eigenvalue weighted by Crippen LogP contribution is 2.19. The lowest BCUT2D eigenvalue weighted by Crippen LogP contribution is -2.42. The monoisotopic (exact) mass is 293 g/mol. The van der Waals surface area contributed by atoms with Gasteiger partial charge in [-0.05, 0) is 26.8 Å². The highest BCUT2D eigenvalue weighted by molar-refractivity contribution is 5.84. The van der Waals surface area contributed by atoms with E-state index in [1.54, 1.807) is 14.0 Å². The van der Waals surface area contributed by atoms with E-state index < -0.39 is 0 Å². The van der Waals surface area contributed by atoms with Gasteiger partial charge in [0.2, 0.25) is 5.91 Å². The molecule has 0 aliphatic carbocycles. The molecule has 0 bridgehead atoms. The molecule has 1 aromatic carbocycles. The number of nitrogens with zero attached hydrogens (tertiary/aromatic N) is 1. The van der Waals surface area contributed by atoms with Gasteiger partial charge in [0.1, 0.15) is 12.3 Å². The number of methoxy groups -OCH3 is 1. The van der Waals surface area contributed by atoms with Gasteiger partial charge in [-0.2, -0.15) is 0 Å². The first-order valence-electron chi connectivity index (χ1n) is 7.06. The minimum atomic E-state index is -0.389. The van der Waals surface area contributed by atoms with Crippen LogP contribution in [0.4, 0.5) is 0 Å². The summed E-state index contributed by atoms with van der Waals surface area (Å²) in [6.45, 7) is 5.78. The number of amides is 1. The second kappa shape index (κ2) is 8.29. The summed E-state index contributed by atoms with van der Waals surface area (Å²) in [5, 5.41) is 0. The Morgan fingerprint density at radius 2 is 1.90 bits per heavy atom. The molecule has 0 heterocycles. The molecule has 0 saturated carbocycles. The van der Waals surface area contributed by atoms with E-state index in [1.165, 1.54) is 4.90 Å². The van der Waals surface area contributed by atoms with E-state index in [-0.39, 0.29) is 30.9 Å². The van der Waals surface area contributed by atoms with Crippen LogP contribution in [0.1, 0.15) is 26.3 Å². The number of para-hydroxylation sites is 1. The number of rotatable bonds is 7. The Hall–Kier alpha value is -2.04. The van der Waals surface area contributed by atoms with Crippen LogP contribution in [0.5, 0.6) is 5.75 Å². The van der Waals surface area contributed by atoms with E-state index in [9.17, 15) is 9.59 Å². The normalized spacial score (nSPS) is 10.3. The summed E-state index contributed by atoms with van der Waals surface area (Å²) < 4.78 is 10.2. The molecule has 1 amide bonds. The lowest BCUT2D eigenvalue weighted by Gasteiger charge is -2.26. The maximum Gasteiger partial charge on any atom is 0.325 e. The third kappa shape index (κ3) is 5.10. The van der Waals surface area contributed by atoms with Crippen molar-refractivity contribution in [2.24, 2.45) is 0 Å². The molecule has 0 fully saturated rings. The minimum absolute atomic E-state index is 0.0283. The van der Waals surface area contributed by atoms with Crippen LogP contribution in [0.3, 0.4) is 0 Å². The second-order valence-electron chi connectivity index (χ2n) is 4.91. The molecule has 116 valence electrons. The van der Waals surface area contributed by atoms with Gasteiger partial charge in [-0.25, -0.2) is 0 Å². The Bertz CT molecular complexity index is 485. The standard InChI is InChI=1S/C16H23NO4/c1-5-21-16(19)11-17(12(2)3)15(18)10-13-8-6-7-9-14(13)20-4/h6-9,12H,5,10-11H2,1-4H3. The summed E-state index contributed by atoms with van der Waals surface area (Å²) in [5.74, 6) is 0.160. The van der Waals surface area contributed by atoms with Crippen LogP contribution in [-0.4, -0.2) is 43.1 Å². The van der Waals surface area contributed by atoms with E-state index in [0.717, 1.165) is 5.56 Å². The zero-order valence-electron chi connectivity index (χ0n) is 13.1. The van der Waals surface area contributed by atoms with Gasteiger partial charge in [0.25, 0.3) is 0 Å². The molecule has 0 aliphatic heterocycles. The predicted molar refractivity (Wildman–Crippen MR) is 80.2 cm³/mol. The molecule has 5 nitrogen and oxygen atoms in total. The minimum Gasteiger partial charge on any atom is -0.496 e. The number of carbonyl (C=O) groups excluding carboxylic acids is 2. The van der Waals surface area contributed by atoms with Crippen LogP contribution in [0.2, 0.25) is 0 Å². The molecular weight excluding hydrogens is 270 g/mol. The van der Waals surface area contributed by atoms with Gasteiger partial charge in [-0.1, -0.05) is 18.2 Å². The van der Waals surface area contributed by atoms with Crippen LogP contribution < -0.4 is 4.74 Å². The van der Waals surface area contributed by atoms with Crippen molar-refractivity contribution >= 4 is 11.9 Å². The molecule has 0 N–H and O–H groups in total. The average molecular weight is 293 g/mol. The quantitative estimate of drug-likeness (QED) is 0.722. The fourth-order valence-electron chi connectivity index (χ4n) is 2.02. The molecule has 0 saturated heterocycles. The lowest BCUT2D eigenvalue weighted by atomic mass is 10.1. The summed E-state index contributed by atoms with van der Waals surface area (Å²) >= 11 is 0. The highest BCUT2D eigenvalue weighted by atomic mass is 16.5. The number of benzene rings is 1. The number of hydrogen-bond acceptors (Lipinski definition) is 4. The second-order valence-corrected chi connectivity index (χ2v) is 4.91.